The number of nitrogens with zero attached hydrogens (tertiary/aromatic N) is 1. The van der Waals surface area contributed by atoms with E-state index in [9.17, 15) is 10.1 Å². The van der Waals surface area contributed by atoms with E-state index in [2.05, 4.69) is 6.07 Å². The average Bonchev–Trinajstić information content (AvgIpc) is 3.07. The van der Waals surface area contributed by atoms with Crippen molar-refractivity contribution in [2.75, 3.05) is 13.4 Å². The molecule has 0 unspecified atom stereocenters. The van der Waals surface area contributed by atoms with Crippen LogP contribution in [-0.2, 0) is 0 Å². The van der Waals surface area contributed by atoms with Gasteiger partial charge in [-0.15, -0.1) is 0 Å². The molecule has 1 N–H and O–H groups in total. The number of aromatic carboxylic acids is 1. The number of carboxylic acid groups (broad SMARTS) is 1. The molecular formula is C19H15NO5. The number of benzene rings is 2. The van der Waals surface area contributed by atoms with Crippen molar-refractivity contribution in [2.45, 2.75) is 6.92 Å². The Bertz CT molecular complexity index is 878. The van der Waals surface area contributed by atoms with Gasteiger partial charge in [-0.05, 0) is 36.8 Å². The summed E-state index contributed by atoms with van der Waals surface area (Å²) in [6, 6.07) is 11.8. The molecule has 25 heavy (non-hydrogen) atoms. The van der Waals surface area contributed by atoms with Crippen LogP contribution in [0.3, 0.4) is 0 Å². The fraction of sp³-hybridized carbons (Fsp3) is 0.158. The number of nitriles is 1. The van der Waals surface area contributed by atoms with Gasteiger partial charge in [0.25, 0.3) is 0 Å². The smallest absolute Gasteiger partial charge is 0.335 e. The fourth-order valence-electron chi connectivity index (χ4n) is 2.46. The van der Waals surface area contributed by atoms with Crippen LogP contribution < -0.4 is 14.2 Å². The predicted octanol–water partition coefficient (Wildman–Crippen LogP) is 3.58. The molecule has 1 aliphatic rings. The van der Waals surface area contributed by atoms with Crippen LogP contribution in [0.1, 0.15) is 28.4 Å². The summed E-state index contributed by atoms with van der Waals surface area (Å²) >= 11 is 0. The highest BCUT2D eigenvalue weighted by Gasteiger charge is 2.18. The Hall–Kier alpha value is -3.46. The molecule has 0 saturated heterocycles. The molecule has 3 rings (SSSR count). The normalized spacial score (nSPS) is 12.6. The van der Waals surface area contributed by atoms with Crippen LogP contribution in [0.2, 0.25) is 0 Å². The quantitative estimate of drug-likeness (QED) is 0.663. The van der Waals surface area contributed by atoms with Gasteiger partial charge >= 0.3 is 5.97 Å². The van der Waals surface area contributed by atoms with Gasteiger partial charge in [-0.2, -0.15) is 5.26 Å². The van der Waals surface area contributed by atoms with Crippen molar-refractivity contribution in [3.63, 3.8) is 0 Å². The zero-order valence-electron chi connectivity index (χ0n) is 13.5. The first-order valence-electron chi connectivity index (χ1n) is 7.64. The first-order valence-corrected chi connectivity index (χ1v) is 7.64. The van der Waals surface area contributed by atoms with E-state index in [-0.39, 0.29) is 12.4 Å². The SMILES string of the molecule is CCOc1cc2c(cc1/C=C(/C#N)c1ccc(C(=O)O)cc1)OCO2. The highest BCUT2D eigenvalue weighted by atomic mass is 16.7. The highest BCUT2D eigenvalue weighted by Crippen LogP contribution is 2.39. The number of ether oxygens (including phenoxy) is 3. The molecule has 126 valence electrons. The minimum atomic E-state index is -1.01. The minimum Gasteiger partial charge on any atom is -0.493 e. The van der Waals surface area contributed by atoms with Crippen molar-refractivity contribution in [3.05, 3.63) is 53.1 Å². The summed E-state index contributed by atoms with van der Waals surface area (Å²) in [5.41, 5.74) is 1.86. The molecule has 2 aromatic carbocycles. The van der Waals surface area contributed by atoms with Gasteiger partial charge in [-0.25, -0.2) is 4.79 Å². The van der Waals surface area contributed by atoms with E-state index in [0.29, 0.717) is 40.6 Å². The largest absolute Gasteiger partial charge is 0.493 e. The second-order valence-electron chi connectivity index (χ2n) is 5.23. The third-order valence-corrected chi connectivity index (χ3v) is 3.67. The second-order valence-corrected chi connectivity index (χ2v) is 5.23. The summed E-state index contributed by atoms with van der Waals surface area (Å²) in [7, 11) is 0. The molecule has 0 amide bonds. The molecule has 0 aromatic heterocycles. The number of rotatable bonds is 5. The predicted molar refractivity (Wildman–Crippen MR) is 90.6 cm³/mol. The van der Waals surface area contributed by atoms with Crippen molar-refractivity contribution < 1.29 is 24.1 Å². The zero-order chi connectivity index (χ0) is 17.8. The van der Waals surface area contributed by atoms with Crippen LogP contribution in [0.5, 0.6) is 17.2 Å². The molecule has 6 heteroatoms. The Balaban J connectivity index is 2.02. The summed E-state index contributed by atoms with van der Waals surface area (Å²) < 4.78 is 16.4. The lowest BCUT2D eigenvalue weighted by Crippen LogP contribution is -1.96. The van der Waals surface area contributed by atoms with Crippen LogP contribution in [-0.4, -0.2) is 24.5 Å². The Morgan fingerprint density at radius 2 is 1.88 bits per heavy atom. The molecule has 0 atom stereocenters. The molecule has 2 aromatic rings. The van der Waals surface area contributed by atoms with Crippen molar-refractivity contribution in [1.82, 2.24) is 0 Å². The average molecular weight is 337 g/mol. The van der Waals surface area contributed by atoms with Crippen molar-refractivity contribution >= 4 is 17.6 Å². The molecule has 0 fully saturated rings. The van der Waals surface area contributed by atoms with Gasteiger partial charge in [0.05, 0.1) is 23.8 Å². The lowest BCUT2D eigenvalue weighted by molar-refractivity contribution is 0.0697. The molecular weight excluding hydrogens is 322 g/mol. The van der Waals surface area contributed by atoms with E-state index in [1.165, 1.54) is 12.1 Å². The van der Waals surface area contributed by atoms with Crippen LogP contribution in [0.25, 0.3) is 11.6 Å². The standard InChI is InChI=1S/C19H15NO5/c1-2-23-16-9-18-17(24-11-25-18)8-14(16)7-15(10-20)12-3-5-13(6-4-12)19(21)22/h3-9H,2,11H2,1H3,(H,21,22)/b15-7-. The van der Waals surface area contributed by atoms with Gasteiger partial charge in [0.2, 0.25) is 6.79 Å². The van der Waals surface area contributed by atoms with E-state index < -0.39 is 5.97 Å². The maximum absolute atomic E-state index is 10.9. The first kappa shape index (κ1) is 16.4. The lowest BCUT2D eigenvalue weighted by atomic mass is 10.0. The number of fused-ring (bicyclic) bond motifs is 1. The Labute approximate surface area is 144 Å². The van der Waals surface area contributed by atoms with Crippen LogP contribution >= 0.6 is 0 Å². The Morgan fingerprint density at radius 1 is 1.24 bits per heavy atom. The summed E-state index contributed by atoms with van der Waals surface area (Å²) in [5.74, 6) is 0.767. The van der Waals surface area contributed by atoms with E-state index in [1.807, 2.05) is 6.92 Å². The second kappa shape index (κ2) is 6.97. The maximum atomic E-state index is 10.9. The monoisotopic (exact) mass is 337 g/mol. The summed E-state index contributed by atoms with van der Waals surface area (Å²) in [6.45, 7) is 2.49. The highest BCUT2D eigenvalue weighted by molar-refractivity contribution is 5.93. The first-order chi connectivity index (χ1) is 12.1. The topological polar surface area (TPSA) is 88.8 Å². The number of allylic oxidation sites excluding steroid dienone is 1. The van der Waals surface area contributed by atoms with Crippen LogP contribution in [0.4, 0.5) is 0 Å². The van der Waals surface area contributed by atoms with Crippen LogP contribution in [0, 0.1) is 11.3 Å². The Morgan fingerprint density at radius 3 is 2.48 bits per heavy atom. The third kappa shape index (κ3) is 3.40. The van der Waals surface area contributed by atoms with Gasteiger partial charge < -0.3 is 19.3 Å². The number of hydrogen-bond donors (Lipinski definition) is 1. The molecule has 0 bridgehead atoms. The van der Waals surface area contributed by atoms with E-state index in [0.717, 1.165) is 0 Å². The fourth-order valence-corrected chi connectivity index (χ4v) is 2.46. The van der Waals surface area contributed by atoms with Crippen molar-refractivity contribution in [3.8, 4) is 23.3 Å². The van der Waals surface area contributed by atoms with Gasteiger partial charge in [0, 0.05) is 11.6 Å². The molecule has 1 heterocycles. The number of carbonyl (C=O) groups is 1. The van der Waals surface area contributed by atoms with Crippen molar-refractivity contribution in [1.29, 1.82) is 5.26 Å². The molecule has 0 saturated carbocycles. The van der Waals surface area contributed by atoms with E-state index in [1.54, 1.807) is 30.3 Å². The summed E-state index contributed by atoms with van der Waals surface area (Å²) in [4.78, 5) is 10.9. The Kier molecular flexibility index (Phi) is 4.57. The minimum absolute atomic E-state index is 0.149. The zero-order valence-corrected chi connectivity index (χ0v) is 13.5. The molecule has 1 aliphatic heterocycles. The van der Waals surface area contributed by atoms with Crippen molar-refractivity contribution in [2.24, 2.45) is 0 Å². The lowest BCUT2D eigenvalue weighted by Gasteiger charge is -2.09. The van der Waals surface area contributed by atoms with Gasteiger partial charge in [0.1, 0.15) is 5.75 Å². The number of hydrogen-bond acceptors (Lipinski definition) is 5. The third-order valence-electron chi connectivity index (χ3n) is 3.67. The molecule has 6 nitrogen and oxygen atoms in total. The summed E-state index contributed by atoms with van der Waals surface area (Å²) in [6.07, 6.45) is 1.68. The van der Waals surface area contributed by atoms with Gasteiger partial charge in [-0.1, -0.05) is 12.1 Å². The molecule has 0 radical (unpaired) electrons. The van der Waals surface area contributed by atoms with Gasteiger partial charge in [-0.3, -0.25) is 0 Å². The maximum Gasteiger partial charge on any atom is 0.335 e. The number of carboxylic acids is 1. The molecule has 0 spiro atoms. The van der Waals surface area contributed by atoms with E-state index in [4.69, 9.17) is 19.3 Å². The molecule has 0 aliphatic carbocycles. The van der Waals surface area contributed by atoms with Crippen LogP contribution in [0.15, 0.2) is 36.4 Å². The summed E-state index contributed by atoms with van der Waals surface area (Å²) in [5, 5.41) is 18.5. The van der Waals surface area contributed by atoms with E-state index >= 15 is 0 Å². The van der Waals surface area contributed by atoms with Gasteiger partial charge in [0.15, 0.2) is 11.5 Å².